The van der Waals surface area contributed by atoms with Crippen molar-refractivity contribution in [2.45, 2.75) is 17.2 Å². The largest absolute Gasteiger partial charge is 0.246 e. The lowest BCUT2D eigenvalue weighted by Crippen LogP contribution is -1.99. The Morgan fingerprint density at radius 3 is 3.00 bits per heavy atom. The quantitative estimate of drug-likeness (QED) is 0.620. The summed E-state index contributed by atoms with van der Waals surface area (Å²) >= 11 is 10.1. The second-order valence-corrected chi connectivity index (χ2v) is 5.17. The van der Waals surface area contributed by atoms with Crippen LogP contribution >= 0.6 is 39.3 Å². The standard InChI is InChI=1S/C8H8BrClFNS/c1-5(3-10)13-8-7(11)2-6(9)4-12-8/h2,4-5H,3H2,1H3. The lowest BCUT2D eigenvalue weighted by atomic mass is 10.5. The molecule has 0 radical (unpaired) electrons. The zero-order chi connectivity index (χ0) is 9.84. The van der Waals surface area contributed by atoms with Gasteiger partial charge in [0.05, 0.1) is 0 Å². The molecular formula is C8H8BrClFNS. The van der Waals surface area contributed by atoms with Crippen molar-refractivity contribution >= 4 is 39.3 Å². The minimum atomic E-state index is -0.309. The minimum Gasteiger partial charge on any atom is -0.246 e. The second kappa shape index (κ2) is 5.17. The van der Waals surface area contributed by atoms with Gasteiger partial charge in [-0.2, -0.15) is 0 Å². The topological polar surface area (TPSA) is 12.9 Å². The summed E-state index contributed by atoms with van der Waals surface area (Å²) in [5.74, 6) is 0.179. The Kier molecular flexibility index (Phi) is 4.49. The highest BCUT2D eigenvalue weighted by molar-refractivity contribution is 9.10. The number of halogens is 3. The zero-order valence-corrected chi connectivity index (χ0v) is 10.1. The Hall–Kier alpha value is 0.200. The van der Waals surface area contributed by atoms with Crippen LogP contribution < -0.4 is 0 Å². The smallest absolute Gasteiger partial charge is 0.156 e. The fourth-order valence-electron chi connectivity index (χ4n) is 0.711. The summed E-state index contributed by atoms with van der Waals surface area (Å²) in [5, 5.41) is 0.571. The van der Waals surface area contributed by atoms with Crippen molar-refractivity contribution in [3.8, 4) is 0 Å². The van der Waals surface area contributed by atoms with Gasteiger partial charge in [0.25, 0.3) is 0 Å². The van der Waals surface area contributed by atoms with E-state index in [-0.39, 0.29) is 11.1 Å². The SMILES string of the molecule is CC(CCl)Sc1ncc(Br)cc1F. The van der Waals surface area contributed by atoms with Crippen LogP contribution in [0, 0.1) is 5.82 Å². The van der Waals surface area contributed by atoms with E-state index < -0.39 is 0 Å². The summed E-state index contributed by atoms with van der Waals surface area (Å²) in [7, 11) is 0. The molecule has 0 spiro atoms. The zero-order valence-electron chi connectivity index (χ0n) is 6.93. The lowest BCUT2D eigenvalue weighted by molar-refractivity contribution is 0.586. The molecule has 72 valence electrons. The van der Waals surface area contributed by atoms with Gasteiger partial charge < -0.3 is 0 Å². The van der Waals surface area contributed by atoms with Crippen molar-refractivity contribution in [1.29, 1.82) is 0 Å². The Balaban J connectivity index is 2.77. The number of hydrogen-bond donors (Lipinski definition) is 0. The highest BCUT2D eigenvalue weighted by atomic mass is 79.9. The van der Waals surface area contributed by atoms with Crippen LogP contribution in [0.1, 0.15) is 6.92 Å². The van der Waals surface area contributed by atoms with Gasteiger partial charge in [-0.1, -0.05) is 18.7 Å². The van der Waals surface area contributed by atoms with Crippen LogP contribution in [0.4, 0.5) is 4.39 Å². The van der Waals surface area contributed by atoms with E-state index in [0.717, 1.165) is 0 Å². The van der Waals surface area contributed by atoms with Crippen LogP contribution in [0.3, 0.4) is 0 Å². The maximum atomic E-state index is 13.2. The average Bonchev–Trinajstić information content (AvgIpc) is 2.09. The van der Waals surface area contributed by atoms with Gasteiger partial charge in [-0.15, -0.1) is 11.6 Å². The first-order valence-corrected chi connectivity index (χ1v) is 5.88. The van der Waals surface area contributed by atoms with Crippen molar-refractivity contribution in [1.82, 2.24) is 4.98 Å². The molecule has 0 aliphatic carbocycles. The predicted octanol–water partition coefficient (Wildman–Crippen LogP) is 3.70. The maximum Gasteiger partial charge on any atom is 0.156 e. The number of alkyl halides is 1. The summed E-state index contributed by atoms with van der Waals surface area (Å²) in [6.45, 7) is 1.93. The van der Waals surface area contributed by atoms with Gasteiger partial charge in [-0.25, -0.2) is 9.37 Å². The molecule has 1 rings (SSSR count). The number of rotatable bonds is 3. The summed E-state index contributed by atoms with van der Waals surface area (Å²) < 4.78 is 13.8. The highest BCUT2D eigenvalue weighted by Gasteiger charge is 2.09. The molecule has 1 aromatic heterocycles. The summed E-state index contributed by atoms with van der Waals surface area (Å²) in [6, 6.07) is 1.40. The van der Waals surface area contributed by atoms with Gasteiger partial charge in [-0.05, 0) is 22.0 Å². The van der Waals surface area contributed by atoms with Crippen LogP contribution in [-0.4, -0.2) is 16.1 Å². The molecule has 0 aliphatic heterocycles. The van der Waals surface area contributed by atoms with E-state index in [1.807, 2.05) is 6.92 Å². The van der Waals surface area contributed by atoms with Crippen LogP contribution in [0.2, 0.25) is 0 Å². The fourth-order valence-corrected chi connectivity index (χ4v) is 1.93. The first-order valence-electron chi connectivity index (χ1n) is 3.67. The van der Waals surface area contributed by atoms with Gasteiger partial charge in [0.15, 0.2) is 5.82 Å². The third kappa shape index (κ3) is 3.44. The molecule has 1 heterocycles. The molecule has 0 aromatic carbocycles. The molecule has 1 aromatic rings. The molecule has 0 saturated heterocycles. The first-order chi connectivity index (χ1) is 6.13. The van der Waals surface area contributed by atoms with Crippen LogP contribution in [0.15, 0.2) is 21.8 Å². The average molecular weight is 285 g/mol. The van der Waals surface area contributed by atoms with E-state index >= 15 is 0 Å². The van der Waals surface area contributed by atoms with Crippen molar-refractivity contribution in [2.75, 3.05) is 5.88 Å². The molecule has 0 saturated carbocycles. The molecule has 1 atom stereocenters. The van der Waals surface area contributed by atoms with E-state index in [1.165, 1.54) is 17.8 Å². The van der Waals surface area contributed by atoms with Gasteiger partial charge in [-0.3, -0.25) is 0 Å². The summed E-state index contributed by atoms with van der Waals surface area (Å²) in [6.07, 6.45) is 1.58. The molecule has 0 amide bonds. The third-order valence-electron chi connectivity index (χ3n) is 1.30. The lowest BCUT2D eigenvalue weighted by Gasteiger charge is -2.06. The summed E-state index contributed by atoms with van der Waals surface area (Å²) in [5.41, 5.74) is 0. The van der Waals surface area contributed by atoms with Gasteiger partial charge in [0.1, 0.15) is 5.03 Å². The Bertz CT molecular complexity index is 297. The van der Waals surface area contributed by atoms with Gasteiger partial charge in [0, 0.05) is 21.8 Å². The van der Waals surface area contributed by atoms with Crippen molar-refractivity contribution in [3.63, 3.8) is 0 Å². The number of thioether (sulfide) groups is 1. The Labute approximate surface area is 94.2 Å². The monoisotopic (exact) mass is 283 g/mol. The first kappa shape index (κ1) is 11.3. The minimum absolute atomic E-state index is 0.171. The summed E-state index contributed by atoms with van der Waals surface area (Å²) in [4.78, 5) is 3.95. The Morgan fingerprint density at radius 2 is 2.46 bits per heavy atom. The highest BCUT2D eigenvalue weighted by Crippen LogP contribution is 2.25. The molecule has 0 N–H and O–H groups in total. The van der Waals surface area contributed by atoms with E-state index in [9.17, 15) is 4.39 Å². The van der Waals surface area contributed by atoms with Crippen LogP contribution in [0.25, 0.3) is 0 Å². The van der Waals surface area contributed by atoms with E-state index in [2.05, 4.69) is 20.9 Å². The van der Waals surface area contributed by atoms with E-state index in [4.69, 9.17) is 11.6 Å². The molecule has 13 heavy (non-hydrogen) atoms. The van der Waals surface area contributed by atoms with Crippen molar-refractivity contribution in [2.24, 2.45) is 0 Å². The number of aromatic nitrogens is 1. The van der Waals surface area contributed by atoms with Crippen LogP contribution in [-0.2, 0) is 0 Å². The second-order valence-electron chi connectivity index (χ2n) is 2.52. The predicted molar refractivity (Wildman–Crippen MR) is 57.9 cm³/mol. The third-order valence-corrected chi connectivity index (χ3v) is 3.48. The molecule has 1 nitrogen and oxygen atoms in total. The normalized spacial score (nSPS) is 12.9. The number of nitrogens with zero attached hydrogens (tertiary/aromatic N) is 1. The van der Waals surface area contributed by atoms with Gasteiger partial charge in [0.2, 0.25) is 0 Å². The molecule has 5 heteroatoms. The van der Waals surface area contributed by atoms with Crippen LogP contribution in [0.5, 0.6) is 0 Å². The van der Waals surface area contributed by atoms with Gasteiger partial charge >= 0.3 is 0 Å². The molecule has 1 unspecified atom stereocenters. The molecule has 0 aliphatic rings. The molecular weight excluding hydrogens is 277 g/mol. The fraction of sp³-hybridized carbons (Fsp3) is 0.375. The van der Waals surface area contributed by atoms with E-state index in [0.29, 0.717) is 15.4 Å². The molecule has 0 fully saturated rings. The number of hydrogen-bond acceptors (Lipinski definition) is 2. The van der Waals surface area contributed by atoms with Crippen molar-refractivity contribution < 1.29 is 4.39 Å². The van der Waals surface area contributed by atoms with E-state index in [1.54, 1.807) is 6.20 Å². The molecule has 0 bridgehead atoms. The Morgan fingerprint density at radius 1 is 1.77 bits per heavy atom. The van der Waals surface area contributed by atoms with Crippen molar-refractivity contribution in [3.05, 3.63) is 22.6 Å². The maximum absolute atomic E-state index is 13.2. The number of pyridine rings is 1.